The van der Waals surface area contributed by atoms with Crippen LogP contribution in [0.1, 0.15) is 25.5 Å². The van der Waals surface area contributed by atoms with Crippen molar-refractivity contribution in [2.24, 2.45) is 5.10 Å². The van der Waals surface area contributed by atoms with Crippen LogP contribution in [-0.4, -0.2) is 60.1 Å². The third kappa shape index (κ3) is 5.83. The van der Waals surface area contributed by atoms with E-state index in [1.54, 1.807) is 12.4 Å². The number of nitrogens with zero attached hydrogens (tertiary/aromatic N) is 6. The molecule has 1 atom stereocenters. The molecule has 1 unspecified atom stereocenters. The van der Waals surface area contributed by atoms with Gasteiger partial charge in [0, 0.05) is 42.1 Å². The van der Waals surface area contributed by atoms with Crippen molar-refractivity contribution in [1.29, 1.82) is 0 Å². The summed E-state index contributed by atoms with van der Waals surface area (Å²) >= 11 is 6.39. The Bertz CT molecular complexity index is 1220. The molecule has 3 aromatic rings. The SMILES string of the molecule is CC1CCCN1c1cc(Cl)cc(Nc2ccc(/C=N/Nc3ncc(F)c(N4CCOCC4)n3)nc2)c1. The first-order valence-corrected chi connectivity index (χ1v) is 12.4. The number of morpholine rings is 1. The predicted molar refractivity (Wildman–Crippen MR) is 141 cm³/mol. The van der Waals surface area contributed by atoms with E-state index < -0.39 is 5.82 Å². The minimum Gasteiger partial charge on any atom is -0.378 e. The number of anilines is 5. The number of ether oxygens (including phenoxy) is 1. The third-order valence-corrected chi connectivity index (χ3v) is 6.46. The smallest absolute Gasteiger partial charge is 0.245 e. The maximum atomic E-state index is 14.2. The van der Waals surface area contributed by atoms with E-state index in [0.29, 0.717) is 43.1 Å². The molecule has 4 heterocycles. The first-order valence-electron chi connectivity index (χ1n) is 12.0. The highest BCUT2D eigenvalue weighted by Crippen LogP contribution is 2.31. The largest absolute Gasteiger partial charge is 0.378 e. The fourth-order valence-electron chi connectivity index (χ4n) is 4.42. The van der Waals surface area contributed by atoms with Crippen LogP contribution in [0, 0.1) is 5.82 Å². The molecule has 0 amide bonds. The lowest BCUT2D eigenvalue weighted by Gasteiger charge is -2.27. The van der Waals surface area contributed by atoms with Gasteiger partial charge >= 0.3 is 0 Å². The van der Waals surface area contributed by atoms with Crippen molar-refractivity contribution < 1.29 is 9.13 Å². The molecule has 0 saturated carbocycles. The Kier molecular flexibility index (Phi) is 7.43. The van der Waals surface area contributed by atoms with Gasteiger partial charge in [-0.3, -0.25) is 4.98 Å². The summed E-state index contributed by atoms with van der Waals surface area (Å²) in [5.41, 5.74) is 6.25. The molecular weight excluding hydrogens is 483 g/mol. The van der Waals surface area contributed by atoms with Crippen molar-refractivity contribution in [3.8, 4) is 0 Å². The summed E-state index contributed by atoms with van der Waals surface area (Å²) in [5.74, 6) is -0.0302. The van der Waals surface area contributed by atoms with Crippen LogP contribution in [0.4, 0.5) is 33.2 Å². The van der Waals surface area contributed by atoms with Crippen molar-refractivity contribution in [3.63, 3.8) is 0 Å². The number of hydrogen-bond donors (Lipinski definition) is 2. The lowest BCUT2D eigenvalue weighted by Crippen LogP contribution is -2.37. The normalized spacial score (nSPS) is 18.1. The molecule has 36 heavy (non-hydrogen) atoms. The summed E-state index contributed by atoms with van der Waals surface area (Å²) in [6.45, 7) is 5.52. The predicted octanol–water partition coefficient (Wildman–Crippen LogP) is 4.68. The van der Waals surface area contributed by atoms with Gasteiger partial charge in [-0.2, -0.15) is 10.1 Å². The molecule has 2 N–H and O–H groups in total. The summed E-state index contributed by atoms with van der Waals surface area (Å²) in [7, 11) is 0. The van der Waals surface area contributed by atoms with Crippen LogP contribution in [-0.2, 0) is 4.74 Å². The maximum absolute atomic E-state index is 14.2. The number of halogens is 2. The first kappa shape index (κ1) is 24.2. The van der Waals surface area contributed by atoms with Crippen LogP contribution < -0.4 is 20.5 Å². The minimum atomic E-state index is -0.474. The van der Waals surface area contributed by atoms with E-state index >= 15 is 0 Å². The average molecular weight is 511 g/mol. The molecule has 5 rings (SSSR count). The van der Waals surface area contributed by atoms with Gasteiger partial charge in [0.1, 0.15) is 0 Å². The molecular formula is C25H28ClFN8O. The Hall–Kier alpha value is -3.50. The zero-order valence-electron chi connectivity index (χ0n) is 20.0. The van der Waals surface area contributed by atoms with E-state index in [1.807, 2.05) is 29.2 Å². The highest BCUT2D eigenvalue weighted by molar-refractivity contribution is 6.31. The van der Waals surface area contributed by atoms with Crippen molar-refractivity contribution >= 4 is 46.6 Å². The van der Waals surface area contributed by atoms with Crippen LogP contribution in [0.3, 0.4) is 0 Å². The first-order chi connectivity index (χ1) is 17.5. The van der Waals surface area contributed by atoms with Gasteiger partial charge in [0.15, 0.2) is 11.6 Å². The molecule has 0 bridgehead atoms. The minimum absolute atomic E-state index is 0.205. The molecule has 0 aliphatic carbocycles. The highest BCUT2D eigenvalue weighted by Gasteiger charge is 2.21. The summed E-state index contributed by atoms with van der Waals surface area (Å²) in [5, 5.41) is 8.21. The standard InChI is InChI=1S/C25H28ClFN8O/c1-17-3-2-6-35(17)22-12-18(26)11-21(13-22)31-20-5-4-19(28-14-20)15-30-33-25-29-16-23(27)24(32-25)34-7-9-36-10-8-34/h4-5,11-17,31H,2-3,6-10H2,1H3,(H,29,32,33)/b30-15+. The molecule has 1 aromatic carbocycles. The molecule has 2 aliphatic heterocycles. The molecule has 0 spiro atoms. The van der Waals surface area contributed by atoms with E-state index in [0.717, 1.165) is 29.8 Å². The van der Waals surface area contributed by atoms with Gasteiger partial charge in [0.25, 0.3) is 0 Å². The van der Waals surface area contributed by atoms with Crippen LogP contribution >= 0.6 is 11.6 Å². The second-order valence-corrected chi connectivity index (χ2v) is 9.25. The topological polar surface area (TPSA) is 90.8 Å². The Balaban J connectivity index is 1.21. The van der Waals surface area contributed by atoms with Gasteiger partial charge in [-0.1, -0.05) is 11.6 Å². The lowest BCUT2D eigenvalue weighted by molar-refractivity contribution is 0.122. The number of hydrogen-bond acceptors (Lipinski definition) is 9. The number of hydrazone groups is 1. The van der Waals surface area contributed by atoms with Gasteiger partial charge in [-0.25, -0.2) is 14.8 Å². The van der Waals surface area contributed by atoms with Gasteiger partial charge in [-0.15, -0.1) is 0 Å². The van der Waals surface area contributed by atoms with E-state index in [2.05, 4.69) is 48.7 Å². The molecule has 2 aromatic heterocycles. The quantitative estimate of drug-likeness (QED) is 0.350. The van der Waals surface area contributed by atoms with Gasteiger partial charge in [0.2, 0.25) is 5.95 Å². The third-order valence-electron chi connectivity index (χ3n) is 6.24. The Morgan fingerprint density at radius 2 is 1.97 bits per heavy atom. The number of pyridine rings is 1. The fourth-order valence-corrected chi connectivity index (χ4v) is 4.65. The fraction of sp³-hybridized carbons (Fsp3) is 0.360. The molecule has 188 valence electrons. The molecule has 11 heteroatoms. The van der Waals surface area contributed by atoms with E-state index in [-0.39, 0.29) is 11.8 Å². The van der Waals surface area contributed by atoms with E-state index in [9.17, 15) is 4.39 Å². The van der Waals surface area contributed by atoms with Crippen molar-refractivity contribution in [2.45, 2.75) is 25.8 Å². The zero-order chi connectivity index (χ0) is 24.9. The van der Waals surface area contributed by atoms with Crippen molar-refractivity contribution in [2.75, 3.05) is 53.4 Å². The Morgan fingerprint density at radius 3 is 2.72 bits per heavy atom. The van der Waals surface area contributed by atoms with Crippen molar-refractivity contribution in [3.05, 3.63) is 59.3 Å². The number of rotatable bonds is 7. The number of nitrogens with one attached hydrogen (secondary N) is 2. The van der Waals surface area contributed by atoms with Gasteiger partial charge < -0.3 is 19.9 Å². The van der Waals surface area contributed by atoms with Crippen molar-refractivity contribution in [1.82, 2.24) is 15.0 Å². The second-order valence-electron chi connectivity index (χ2n) is 8.81. The highest BCUT2D eigenvalue weighted by atomic mass is 35.5. The van der Waals surface area contributed by atoms with Crippen LogP contribution in [0.15, 0.2) is 47.8 Å². The van der Waals surface area contributed by atoms with Gasteiger partial charge in [-0.05, 0) is 50.1 Å². The summed E-state index contributed by atoms with van der Waals surface area (Å²) in [6, 6.07) is 10.3. The maximum Gasteiger partial charge on any atom is 0.245 e. The van der Waals surface area contributed by atoms with Gasteiger partial charge in [0.05, 0.1) is 43.2 Å². The molecule has 9 nitrogen and oxygen atoms in total. The molecule has 2 aliphatic rings. The monoisotopic (exact) mass is 510 g/mol. The Labute approximate surface area is 214 Å². The van der Waals surface area contributed by atoms with Crippen LogP contribution in [0.25, 0.3) is 0 Å². The number of aromatic nitrogens is 3. The summed E-state index contributed by atoms with van der Waals surface area (Å²) in [4.78, 5) is 16.9. The zero-order valence-corrected chi connectivity index (χ0v) is 20.7. The van der Waals surface area contributed by atoms with E-state index in [4.69, 9.17) is 16.3 Å². The molecule has 2 saturated heterocycles. The number of benzene rings is 1. The summed E-state index contributed by atoms with van der Waals surface area (Å²) in [6.07, 6.45) is 6.81. The second kappa shape index (κ2) is 11.0. The van der Waals surface area contributed by atoms with Crippen LogP contribution in [0.5, 0.6) is 0 Å². The van der Waals surface area contributed by atoms with Crippen LogP contribution in [0.2, 0.25) is 5.02 Å². The summed E-state index contributed by atoms with van der Waals surface area (Å²) < 4.78 is 19.5. The average Bonchev–Trinajstić information content (AvgIpc) is 3.32. The molecule has 0 radical (unpaired) electrons. The lowest BCUT2D eigenvalue weighted by atomic mass is 10.2. The molecule has 2 fully saturated rings. The Morgan fingerprint density at radius 1 is 1.11 bits per heavy atom. The van der Waals surface area contributed by atoms with E-state index in [1.165, 1.54) is 12.8 Å².